The van der Waals surface area contributed by atoms with Crippen LogP contribution >= 0.6 is 11.3 Å². The molecule has 2 aromatic rings. The number of nitrogens with two attached hydrogens (primary N) is 1. The number of nitrogens with zero attached hydrogens (tertiary/aromatic N) is 1. The van der Waals surface area contributed by atoms with E-state index in [9.17, 15) is 4.79 Å². The van der Waals surface area contributed by atoms with Crippen molar-refractivity contribution in [3.05, 3.63) is 57.8 Å². The summed E-state index contributed by atoms with van der Waals surface area (Å²) in [6, 6.07) is 14.9. The van der Waals surface area contributed by atoms with Crippen LogP contribution in [-0.2, 0) is 17.8 Å². The average Bonchev–Trinajstić information content (AvgIpc) is 3.20. The van der Waals surface area contributed by atoms with Crippen LogP contribution in [0, 0.1) is 12.8 Å². The van der Waals surface area contributed by atoms with Crippen LogP contribution in [0.5, 0.6) is 0 Å². The number of rotatable bonds is 6. The summed E-state index contributed by atoms with van der Waals surface area (Å²) in [5.74, 6) is 0.391. The molecule has 1 aliphatic carbocycles. The molecule has 1 heterocycles. The molecule has 2 unspecified atom stereocenters. The Labute approximate surface area is 148 Å². The van der Waals surface area contributed by atoms with E-state index in [2.05, 4.69) is 43.3 Å². The quantitative estimate of drug-likeness (QED) is 0.869. The summed E-state index contributed by atoms with van der Waals surface area (Å²) in [5.41, 5.74) is 7.29. The van der Waals surface area contributed by atoms with Gasteiger partial charge in [0.15, 0.2) is 0 Å². The summed E-state index contributed by atoms with van der Waals surface area (Å²) in [6.07, 6.45) is 3.65. The highest BCUT2D eigenvalue weighted by atomic mass is 32.1. The summed E-state index contributed by atoms with van der Waals surface area (Å²) in [6.45, 7) is 3.60. The predicted molar refractivity (Wildman–Crippen MR) is 99.9 cm³/mol. The zero-order valence-corrected chi connectivity index (χ0v) is 15.1. The van der Waals surface area contributed by atoms with Crippen LogP contribution in [0.4, 0.5) is 0 Å². The van der Waals surface area contributed by atoms with Crippen molar-refractivity contribution in [3.63, 3.8) is 0 Å². The molecule has 0 aliphatic heterocycles. The second-order valence-corrected chi connectivity index (χ2v) is 8.15. The topological polar surface area (TPSA) is 46.3 Å². The van der Waals surface area contributed by atoms with Crippen molar-refractivity contribution in [2.24, 2.45) is 11.7 Å². The molecule has 0 saturated heterocycles. The van der Waals surface area contributed by atoms with Crippen LogP contribution in [-0.4, -0.2) is 23.4 Å². The van der Waals surface area contributed by atoms with Crippen LogP contribution < -0.4 is 5.73 Å². The van der Waals surface area contributed by atoms with Gasteiger partial charge in [-0.05, 0) is 50.3 Å². The minimum absolute atomic E-state index is 0.108. The maximum atomic E-state index is 13.0. The van der Waals surface area contributed by atoms with E-state index < -0.39 is 0 Å². The zero-order valence-electron chi connectivity index (χ0n) is 14.3. The van der Waals surface area contributed by atoms with E-state index in [0.717, 1.165) is 38.8 Å². The minimum Gasteiger partial charge on any atom is -0.337 e. The monoisotopic (exact) mass is 342 g/mol. The van der Waals surface area contributed by atoms with Gasteiger partial charge >= 0.3 is 0 Å². The Kier molecular flexibility index (Phi) is 5.69. The Hall–Kier alpha value is -1.65. The van der Waals surface area contributed by atoms with Crippen molar-refractivity contribution in [1.82, 2.24) is 4.90 Å². The van der Waals surface area contributed by atoms with Crippen LogP contribution in [0.15, 0.2) is 42.5 Å². The van der Waals surface area contributed by atoms with Crippen molar-refractivity contribution in [3.8, 4) is 0 Å². The van der Waals surface area contributed by atoms with Crippen LogP contribution in [0.2, 0.25) is 0 Å². The molecule has 0 spiro atoms. The summed E-state index contributed by atoms with van der Waals surface area (Å²) in [4.78, 5) is 17.6. The standard InChI is InChI=1S/C20H26N2OS/c1-15-7-10-19(24-15)14-22(12-11-16-5-3-2-4-6-16)20(23)17-8-9-18(21)13-17/h2-7,10,17-18H,8-9,11-14,21H2,1H3. The Morgan fingerprint density at radius 1 is 1.21 bits per heavy atom. The second-order valence-electron chi connectivity index (χ2n) is 6.78. The van der Waals surface area contributed by atoms with E-state index in [1.54, 1.807) is 11.3 Å². The molecule has 24 heavy (non-hydrogen) atoms. The lowest BCUT2D eigenvalue weighted by Gasteiger charge is -2.25. The Bertz CT molecular complexity index is 667. The summed E-state index contributed by atoms with van der Waals surface area (Å²) < 4.78 is 0. The number of hydrogen-bond acceptors (Lipinski definition) is 3. The number of benzene rings is 1. The third-order valence-corrected chi connectivity index (χ3v) is 5.78. The fraction of sp³-hybridized carbons (Fsp3) is 0.450. The predicted octanol–water partition coefficient (Wildman–Crippen LogP) is 3.76. The third kappa shape index (κ3) is 4.46. The number of thiophene rings is 1. The molecule has 2 atom stereocenters. The molecule has 3 rings (SSSR count). The SMILES string of the molecule is Cc1ccc(CN(CCc2ccccc2)C(=O)C2CCC(N)C2)s1. The fourth-order valence-corrected chi connectivity index (χ4v) is 4.34. The lowest BCUT2D eigenvalue weighted by Crippen LogP contribution is -2.36. The summed E-state index contributed by atoms with van der Waals surface area (Å²) in [5, 5.41) is 0. The number of carbonyl (C=O) groups is 1. The number of hydrogen-bond donors (Lipinski definition) is 1. The van der Waals surface area contributed by atoms with Gasteiger partial charge in [-0.2, -0.15) is 0 Å². The van der Waals surface area contributed by atoms with Gasteiger partial charge in [-0.3, -0.25) is 4.79 Å². The van der Waals surface area contributed by atoms with Gasteiger partial charge in [-0.15, -0.1) is 11.3 Å². The lowest BCUT2D eigenvalue weighted by molar-refractivity contribution is -0.136. The van der Waals surface area contributed by atoms with Crippen LogP contribution in [0.25, 0.3) is 0 Å². The average molecular weight is 343 g/mol. The summed E-state index contributed by atoms with van der Waals surface area (Å²) in [7, 11) is 0. The highest BCUT2D eigenvalue weighted by molar-refractivity contribution is 7.11. The molecule has 4 heteroatoms. The normalized spacial score (nSPS) is 20.2. The molecule has 0 radical (unpaired) electrons. The van der Waals surface area contributed by atoms with Crippen LogP contribution in [0.1, 0.15) is 34.6 Å². The minimum atomic E-state index is 0.108. The van der Waals surface area contributed by atoms with Gasteiger partial charge in [-0.1, -0.05) is 30.3 Å². The van der Waals surface area contributed by atoms with Crippen molar-refractivity contribution in [1.29, 1.82) is 0 Å². The third-order valence-electron chi connectivity index (χ3n) is 4.79. The zero-order chi connectivity index (χ0) is 16.9. The van der Waals surface area contributed by atoms with Gasteiger partial charge in [0, 0.05) is 28.3 Å². The molecule has 1 aromatic carbocycles. The molecule has 1 amide bonds. The molecule has 1 aliphatic rings. The molecule has 0 bridgehead atoms. The maximum Gasteiger partial charge on any atom is 0.226 e. The highest BCUT2D eigenvalue weighted by Crippen LogP contribution is 2.27. The molecule has 3 nitrogen and oxygen atoms in total. The molecular weight excluding hydrogens is 316 g/mol. The van der Waals surface area contributed by atoms with Crippen molar-refractivity contribution in [2.75, 3.05) is 6.54 Å². The molecule has 1 saturated carbocycles. The van der Waals surface area contributed by atoms with E-state index in [4.69, 9.17) is 5.73 Å². The first kappa shape index (κ1) is 17.2. The number of carbonyl (C=O) groups excluding carboxylic acids is 1. The Balaban J connectivity index is 1.68. The van der Waals surface area contributed by atoms with Gasteiger partial charge in [0.05, 0.1) is 6.54 Å². The van der Waals surface area contributed by atoms with Gasteiger partial charge < -0.3 is 10.6 Å². The summed E-state index contributed by atoms with van der Waals surface area (Å²) >= 11 is 1.78. The van der Waals surface area contributed by atoms with E-state index in [0.29, 0.717) is 0 Å². The number of amides is 1. The van der Waals surface area contributed by atoms with E-state index in [-0.39, 0.29) is 17.9 Å². The second kappa shape index (κ2) is 7.95. The lowest BCUT2D eigenvalue weighted by atomic mass is 10.1. The van der Waals surface area contributed by atoms with Crippen molar-refractivity contribution >= 4 is 17.2 Å². The maximum absolute atomic E-state index is 13.0. The van der Waals surface area contributed by atoms with Crippen molar-refractivity contribution < 1.29 is 4.79 Å². The van der Waals surface area contributed by atoms with Gasteiger partial charge in [0.25, 0.3) is 0 Å². The number of aryl methyl sites for hydroxylation is 1. The van der Waals surface area contributed by atoms with Crippen LogP contribution in [0.3, 0.4) is 0 Å². The molecule has 1 aromatic heterocycles. The molecule has 2 N–H and O–H groups in total. The first-order valence-electron chi connectivity index (χ1n) is 8.75. The Morgan fingerprint density at radius 3 is 2.62 bits per heavy atom. The first-order chi connectivity index (χ1) is 11.6. The first-order valence-corrected chi connectivity index (χ1v) is 9.57. The molecule has 1 fully saturated rings. The highest BCUT2D eigenvalue weighted by Gasteiger charge is 2.31. The molecular formula is C20H26N2OS. The van der Waals surface area contributed by atoms with Gasteiger partial charge in [-0.25, -0.2) is 0 Å². The van der Waals surface area contributed by atoms with E-state index in [1.165, 1.54) is 15.3 Å². The van der Waals surface area contributed by atoms with Crippen molar-refractivity contribution in [2.45, 2.75) is 45.2 Å². The van der Waals surface area contributed by atoms with Gasteiger partial charge in [0.1, 0.15) is 0 Å². The van der Waals surface area contributed by atoms with E-state index >= 15 is 0 Å². The smallest absolute Gasteiger partial charge is 0.226 e. The molecule has 128 valence electrons. The van der Waals surface area contributed by atoms with E-state index in [1.807, 2.05) is 11.0 Å². The fourth-order valence-electron chi connectivity index (χ4n) is 3.43. The largest absolute Gasteiger partial charge is 0.337 e. The Morgan fingerprint density at radius 2 is 2.00 bits per heavy atom. The van der Waals surface area contributed by atoms with Gasteiger partial charge in [0.2, 0.25) is 5.91 Å².